The normalized spacial score (nSPS) is 27.3. The maximum atomic E-state index is 14.0. The zero-order valence-electron chi connectivity index (χ0n) is 28.7. The predicted molar refractivity (Wildman–Crippen MR) is 182 cm³/mol. The SMILES string of the molecule is CC(=O)O[C@@H]1[C@@H](OC(C)=O)[C@H](N=[N+]=[N-])C[C@H](N=[N+]=[N-])[C@H]1O[C@H]1O[C@H]([C@@H](C2CC2)N(Cc2ccccc2)C(=O)OCc2ccccc2)CCC1N=[N+]=[N-]. The Kier molecular flexibility index (Phi) is 13.2. The number of benzene rings is 2. The Morgan fingerprint density at radius 2 is 1.33 bits per heavy atom. The Morgan fingerprint density at radius 3 is 1.90 bits per heavy atom. The van der Waals surface area contributed by atoms with Gasteiger partial charge in [0.1, 0.15) is 18.8 Å². The second-order valence-corrected chi connectivity index (χ2v) is 12.9. The molecule has 1 unspecified atom stereocenters. The van der Waals surface area contributed by atoms with Crippen LogP contribution in [0.15, 0.2) is 76.0 Å². The maximum absolute atomic E-state index is 14.0. The number of rotatable bonds is 14. The number of azide groups is 3. The van der Waals surface area contributed by atoms with Crippen LogP contribution in [0.2, 0.25) is 0 Å². The minimum absolute atomic E-state index is 0.0684. The van der Waals surface area contributed by atoms with Gasteiger partial charge in [0.05, 0.1) is 30.3 Å². The number of amides is 1. The summed E-state index contributed by atoms with van der Waals surface area (Å²) in [6.07, 6.45) is -4.16. The van der Waals surface area contributed by atoms with Gasteiger partial charge in [-0.15, -0.1) is 0 Å². The van der Waals surface area contributed by atoms with Crippen molar-refractivity contribution in [3.63, 3.8) is 0 Å². The molecule has 18 heteroatoms. The molecule has 0 bridgehead atoms. The molecule has 2 saturated carbocycles. The summed E-state index contributed by atoms with van der Waals surface area (Å²) in [6.45, 7) is 2.58. The first-order valence-electron chi connectivity index (χ1n) is 17.0. The van der Waals surface area contributed by atoms with Crippen molar-refractivity contribution in [2.75, 3.05) is 0 Å². The Bertz CT molecular complexity index is 1700. The van der Waals surface area contributed by atoms with Gasteiger partial charge in [0.25, 0.3) is 0 Å². The van der Waals surface area contributed by atoms with E-state index in [1.54, 1.807) is 4.90 Å². The van der Waals surface area contributed by atoms with Gasteiger partial charge < -0.3 is 23.7 Å². The number of carbonyl (C=O) groups excluding carboxylic acids is 3. The lowest BCUT2D eigenvalue weighted by Crippen LogP contribution is -2.61. The van der Waals surface area contributed by atoms with Crippen molar-refractivity contribution in [1.82, 2.24) is 4.90 Å². The van der Waals surface area contributed by atoms with Crippen LogP contribution in [0.4, 0.5) is 4.79 Å². The van der Waals surface area contributed by atoms with E-state index >= 15 is 0 Å². The molecule has 2 aliphatic carbocycles. The molecule has 1 heterocycles. The van der Waals surface area contributed by atoms with Crippen LogP contribution in [0.3, 0.4) is 0 Å². The average Bonchev–Trinajstić information content (AvgIpc) is 3.97. The summed E-state index contributed by atoms with van der Waals surface area (Å²) in [5.74, 6) is -1.44. The highest BCUT2D eigenvalue weighted by molar-refractivity contribution is 5.69. The Morgan fingerprint density at radius 1 is 0.769 bits per heavy atom. The molecule has 0 aromatic heterocycles. The molecule has 52 heavy (non-hydrogen) atoms. The molecule has 9 atom stereocenters. The third-order valence-electron chi connectivity index (χ3n) is 9.24. The van der Waals surface area contributed by atoms with E-state index in [2.05, 4.69) is 30.1 Å². The van der Waals surface area contributed by atoms with Crippen molar-refractivity contribution >= 4 is 18.0 Å². The Labute approximate surface area is 299 Å². The van der Waals surface area contributed by atoms with Crippen molar-refractivity contribution in [2.45, 2.75) is 114 Å². The van der Waals surface area contributed by atoms with Crippen LogP contribution in [0.25, 0.3) is 31.3 Å². The molecule has 3 fully saturated rings. The first-order valence-corrected chi connectivity index (χ1v) is 17.0. The minimum atomic E-state index is -1.40. The Hall–Kier alpha value is -5.50. The van der Waals surface area contributed by atoms with E-state index < -0.39 is 72.9 Å². The van der Waals surface area contributed by atoms with Crippen LogP contribution in [-0.4, -0.2) is 77.8 Å². The smallest absolute Gasteiger partial charge is 0.410 e. The molecule has 2 aromatic carbocycles. The third-order valence-corrected chi connectivity index (χ3v) is 9.24. The molecule has 0 spiro atoms. The van der Waals surface area contributed by atoms with E-state index in [1.165, 1.54) is 0 Å². The lowest BCUT2D eigenvalue weighted by Gasteiger charge is -2.46. The highest BCUT2D eigenvalue weighted by atomic mass is 16.7. The van der Waals surface area contributed by atoms with Crippen molar-refractivity contribution < 1.29 is 38.1 Å². The fourth-order valence-corrected chi connectivity index (χ4v) is 6.91. The van der Waals surface area contributed by atoms with Gasteiger partial charge in [0.15, 0.2) is 12.4 Å². The van der Waals surface area contributed by atoms with Crippen LogP contribution in [-0.2, 0) is 46.4 Å². The second-order valence-electron chi connectivity index (χ2n) is 12.9. The van der Waals surface area contributed by atoms with Gasteiger partial charge in [0.2, 0.25) is 0 Å². The van der Waals surface area contributed by atoms with Crippen LogP contribution in [0.1, 0.15) is 57.1 Å². The molecule has 0 N–H and O–H groups in total. The summed E-state index contributed by atoms with van der Waals surface area (Å²) < 4.78 is 30.0. The lowest BCUT2D eigenvalue weighted by molar-refractivity contribution is -0.265. The molecule has 1 amide bonds. The summed E-state index contributed by atoms with van der Waals surface area (Å²) in [6, 6.07) is 15.4. The van der Waals surface area contributed by atoms with Gasteiger partial charge >= 0.3 is 18.0 Å². The molecule has 0 radical (unpaired) electrons. The minimum Gasteiger partial charge on any atom is -0.458 e. The molecular formula is C34H40N10O8. The average molecular weight is 717 g/mol. The van der Waals surface area contributed by atoms with Gasteiger partial charge in [-0.25, -0.2) is 4.79 Å². The maximum Gasteiger partial charge on any atom is 0.410 e. The topological polar surface area (TPSA) is 247 Å². The summed E-state index contributed by atoms with van der Waals surface area (Å²) in [4.78, 5) is 48.9. The van der Waals surface area contributed by atoms with Crippen molar-refractivity contribution in [3.05, 3.63) is 103 Å². The Balaban J connectivity index is 1.47. The zero-order valence-corrected chi connectivity index (χ0v) is 28.7. The monoisotopic (exact) mass is 716 g/mol. The molecule has 5 rings (SSSR count). The standard InChI is InChI=1S/C34H40N10O8/c1-20(45)49-30-26(39-42-36)17-27(40-43-37)31(32(30)50-21(2)46)52-33-25(38-41-35)15-16-28(51-33)29(24-13-14-24)44(18-22-9-5-3-6-10-22)34(47)48-19-23-11-7-4-8-12-23/h3-12,24-33H,13-19H2,1-2H3/t25?,26-,27+,28+,29-,30+,31-,32-,33-/m1/s1. The summed E-state index contributed by atoms with van der Waals surface area (Å²) in [5, 5.41) is 11.5. The highest BCUT2D eigenvalue weighted by Crippen LogP contribution is 2.43. The lowest BCUT2D eigenvalue weighted by atomic mass is 9.84. The van der Waals surface area contributed by atoms with E-state index in [4.69, 9.17) is 23.7 Å². The molecule has 1 saturated heterocycles. The summed E-state index contributed by atoms with van der Waals surface area (Å²) >= 11 is 0. The molecule has 1 aliphatic heterocycles. The van der Waals surface area contributed by atoms with E-state index in [1.807, 2.05) is 60.7 Å². The second kappa shape index (κ2) is 18.1. The molecule has 274 valence electrons. The molecule has 3 aliphatic rings. The number of carbonyl (C=O) groups is 3. The van der Waals surface area contributed by atoms with Crippen LogP contribution >= 0.6 is 0 Å². The quantitative estimate of drug-likeness (QED) is 0.0659. The first kappa shape index (κ1) is 37.7. The number of esters is 2. The largest absolute Gasteiger partial charge is 0.458 e. The molecule has 2 aromatic rings. The summed E-state index contributed by atoms with van der Waals surface area (Å²) in [5.41, 5.74) is 29.9. The van der Waals surface area contributed by atoms with Crippen molar-refractivity contribution in [2.24, 2.45) is 21.3 Å². The third kappa shape index (κ3) is 9.84. The van der Waals surface area contributed by atoms with Crippen molar-refractivity contribution in [3.8, 4) is 0 Å². The predicted octanol–water partition coefficient (Wildman–Crippen LogP) is 6.80. The van der Waals surface area contributed by atoms with Gasteiger partial charge in [-0.2, -0.15) is 0 Å². The van der Waals surface area contributed by atoms with E-state index in [9.17, 15) is 31.0 Å². The number of nitrogens with zero attached hydrogens (tertiary/aromatic N) is 10. The van der Waals surface area contributed by atoms with E-state index in [0.717, 1.165) is 37.8 Å². The zero-order chi connectivity index (χ0) is 37.0. The summed E-state index contributed by atoms with van der Waals surface area (Å²) in [7, 11) is 0. The van der Waals surface area contributed by atoms with Crippen LogP contribution in [0, 0.1) is 5.92 Å². The van der Waals surface area contributed by atoms with Crippen LogP contribution in [0.5, 0.6) is 0 Å². The fourth-order valence-electron chi connectivity index (χ4n) is 6.91. The highest BCUT2D eigenvalue weighted by Gasteiger charge is 2.52. The van der Waals surface area contributed by atoms with Gasteiger partial charge in [-0.1, -0.05) is 76.0 Å². The fraction of sp³-hybridized carbons (Fsp3) is 0.559. The van der Waals surface area contributed by atoms with Crippen molar-refractivity contribution in [1.29, 1.82) is 0 Å². The number of hydrogen-bond acceptors (Lipinski definition) is 11. The molecular weight excluding hydrogens is 676 g/mol. The van der Waals surface area contributed by atoms with Gasteiger partial charge in [-0.3, -0.25) is 14.5 Å². The first-order chi connectivity index (χ1) is 25.2. The molecule has 18 nitrogen and oxygen atoms in total. The number of ether oxygens (including phenoxy) is 5. The van der Waals surface area contributed by atoms with E-state index in [0.29, 0.717) is 12.8 Å². The van der Waals surface area contributed by atoms with Gasteiger partial charge in [0, 0.05) is 35.1 Å². The number of hydrogen-bond donors (Lipinski definition) is 0. The van der Waals surface area contributed by atoms with Gasteiger partial charge in [-0.05, 0) is 65.7 Å². The van der Waals surface area contributed by atoms with E-state index in [-0.39, 0.29) is 25.5 Å². The van der Waals surface area contributed by atoms with Crippen LogP contribution < -0.4 is 0 Å².